The van der Waals surface area contributed by atoms with Crippen molar-refractivity contribution in [1.82, 2.24) is 0 Å². The lowest BCUT2D eigenvalue weighted by Crippen LogP contribution is -2.13. The predicted octanol–water partition coefficient (Wildman–Crippen LogP) is 2.73. The summed E-state index contributed by atoms with van der Waals surface area (Å²) in [6, 6.07) is 1.46. The van der Waals surface area contributed by atoms with Crippen molar-refractivity contribution in [1.29, 1.82) is 0 Å². The third kappa shape index (κ3) is 3.31. The van der Waals surface area contributed by atoms with Gasteiger partial charge in [0.1, 0.15) is 0 Å². The third-order valence-electron chi connectivity index (χ3n) is 1.75. The molecule has 0 aliphatic rings. The van der Waals surface area contributed by atoms with Crippen LogP contribution in [0.4, 0.5) is 18.9 Å². The van der Waals surface area contributed by atoms with Crippen LogP contribution in [-0.4, -0.2) is 16.0 Å². The monoisotopic (exact) mass is 271 g/mol. The van der Waals surface area contributed by atoms with E-state index in [1.807, 2.05) is 0 Å². The summed E-state index contributed by atoms with van der Waals surface area (Å²) in [5.74, 6) is -1.79. The van der Waals surface area contributed by atoms with E-state index in [4.69, 9.17) is 5.11 Å². The molecular formula is C8H5ClF3NO4. The second-order valence-electron chi connectivity index (χ2n) is 2.79. The summed E-state index contributed by atoms with van der Waals surface area (Å²) in [6.45, 7) is 0. The number of non-ortho nitro benzene ring substituents is 1. The number of carboxylic acid groups (broad SMARTS) is 1. The van der Waals surface area contributed by atoms with Gasteiger partial charge in [0, 0.05) is 12.1 Å². The van der Waals surface area contributed by atoms with E-state index < -0.39 is 33.9 Å². The zero-order chi connectivity index (χ0) is 12.5. The van der Waals surface area contributed by atoms with Crippen molar-refractivity contribution in [2.24, 2.45) is 0 Å². The fraction of sp³-hybridized carbons (Fsp3) is 0.125. The van der Waals surface area contributed by atoms with E-state index in [1.165, 1.54) is 0 Å². The quantitative estimate of drug-likeness (QED) is 0.662. The molecule has 1 N–H and O–H groups in total. The molecule has 0 saturated heterocycles. The molecule has 0 aliphatic carbocycles. The van der Waals surface area contributed by atoms with Gasteiger partial charge in [-0.2, -0.15) is 13.2 Å². The summed E-state index contributed by atoms with van der Waals surface area (Å²) < 4.78 is 37.1. The van der Waals surface area contributed by atoms with E-state index in [0.717, 1.165) is 0 Å². The molecular weight excluding hydrogens is 267 g/mol. The van der Waals surface area contributed by atoms with Crippen molar-refractivity contribution in [3.63, 3.8) is 0 Å². The number of rotatable bonds is 2. The number of hydrogen-bond donors (Lipinski definition) is 1. The minimum absolute atomic E-state index is 0. The molecule has 1 aromatic rings. The average molecular weight is 272 g/mol. The molecule has 0 atom stereocenters. The fourth-order valence-electron chi connectivity index (χ4n) is 1.07. The van der Waals surface area contributed by atoms with Crippen molar-refractivity contribution in [2.45, 2.75) is 6.18 Å². The first-order chi connectivity index (χ1) is 7.23. The Hall–Kier alpha value is -1.83. The molecule has 0 saturated carbocycles. The molecule has 0 aliphatic heterocycles. The standard InChI is InChI=1S/C8H4F3NO4.ClH/c9-8(10,11)6-3-4(12(15)16)1-2-5(6)7(13)14;/h1-3H,(H,13,14);1H. The molecule has 1 rings (SSSR count). The molecule has 5 nitrogen and oxygen atoms in total. The van der Waals surface area contributed by atoms with Crippen LogP contribution in [0.5, 0.6) is 0 Å². The van der Waals surface area contributed by atoms with Crippen molar-refractivity contribution in [2.75, 3.05) is 0 Å². The van der Waals surface area contributed by atoms with Gasteiger partial charge in [-0.15, -0.1) is 12.4 Å². The highest BCUT2D eigenvalue weighted by molar-refractivity contribution is 5.90. The number of carbonyl (C=O) groups is 1. The van der Waals surface area contributed by atoms with Gasteiger partial charge < -0.3 is 5.11 Å². The highest BCUT2D eigenvalue weighted by Gasteiger charge is 2.36. The summed E-state index contributed by atoms with van der Waals surface area (Å²) in [6.07, 6.45) is -4.94. The van der Waals surface area contributed by atoms with Gasteiger partial charge in [-0.05, 0) is 6.07 Å². The first-order valence-electron chi connectivity index (χ1n) is 3.82. The molecule has 0 fully saturated rings. The summed E-state index contributed by atoms with van der Waals surface area (Å²) in [4.78, 5) is 19.7. The van der Waals surface area contributed by atoms with E-state index in [9.17, 15) is 28.1 Å². The minimum Gasteiger partial charge on any atom is -0.478 e. The Morgan fingerprint density at radius 2 is 1.88 bits per heavy atom. The lowest BCUT2D eigenvalue weighted by atomic mass is 10.1. The maximum Gasteiger partial charge on any atom is 0.417 e. The van der Waals surface area contributed by atoms with Crippen molar-refractivity contribution in [3.05, 3.63) is 39.4 Å². The largest absolute Gasteiger partial charge is 0.478 e. The van der Waals surface area contributed by atoms with E-state index in [-0.39, 0.29) is 18.5 Å². The van der Waals surface area contributed by atoms with Gasteiger partial charge in [0.25, 0.3) is 5.69 Å². The first kappa shape index (κ1) is 15.2. The lowest BCUT2D eigenvalue weighted by molar-refractivity contribution is -0.385. The smallest absolute Gasteiger partial charge is 0.417 e. The van der Waals surface area contributed by atoms with Crippen LogP contribution in [0.25, 0.3) is 0 Å². The molecule has 17 heavy (non-hydrogen) atoms. The van der Waals surface area contributed by atoms with Crippen LogP contribution in [-0.2, 0) is 6.18 Å². The molecule has 0 heterocycles. The van der Waals surface area contributed by atoms with Gasteiger partial charge in [0.05, 0.1) is 16.1 Å². The molecule has 0 aromatic heterocycles. The second kappa shape index (κ2) is 5.00. The number of nitro benzene ring substituents is 1. The number of hydrogen-bond acceptors (Lipinski definition) is 3. The van der Waals surface area contributed by atoms with Crippen LogP contribution in [0, 0.1) is 10.1 Å². The van der Waals surface area contributed by atoms with Crippen LogP contribution in [0.3, 0.4) is 0 Å². The van der Waals surface area contributed by atoms with Crippen LogP contribution in [0.15, 0.2) is 18.2 Å². The zero-order valence-corrected chi connectivity index (χ0v) is 8.71. The van der Waals surface area contributed by atoms with Gasteiger partial charge in [-0.3, -0.25) is 10.1 Å². The van der Waals surface area contributed by atoms with E-state index >= 15 is 0 Å². The van der Waals surface area contributed by atoms with Crippen molar-refractivity contribution < 1.29 is 28.0 Å². The van der Waals surface area contributed by atoms with Gasteiger partial charge in [0.15, 0.2) is 0 Å². The Bertz CT molecular complexity index is 461. The molecule has 0 unspecified atom stereocenters. The van der Waals surface area contributed by atoms with E-state index in [0.29, 0.717) is 12.1 Å². The molecule has 0 radical (unpaired) electrons. The number of alkyl halides is 3. The van der Waals surface area contributed by atoms with Crippen LogP contribution in [0.1, 0.15) is 15.9 Å². The summed E-state index contributed by atoms with van der Waals surface area (Å²) in [7, 11) is 0. The predicted molar refractivity (Wildman–Crippen MR) is 52.3 cm³/mol. The number of aromatic carboxylic acids is 1. The topological polar surface area (TPSA) is 80.4 Å². The summed E-state index contributed by atoms with van der Waals surface area (Å²) in [5, 5.41) is 18.7. The zero-order valence-electron chi connectivity index (χ0n) is 7.89. The van der Waals surface area contributed by atoms with Crippen molar-refractivity contribution >= 4 is 24.1 Å². The van der Waals surface area contributed by atoms with Gasteiger partial charge in [-0.1, -0.05) is 0 Å². The van der Waals surface area contributed by atoms with Crippen LogP contribution < -0.4 is 0 Å². The Morgan fingerprint density at radius 1 is 1.35 bits per heavy atom. The molecule has 9 heteroatoms. The SMILES string of the molecule is Cl.O=C(O)c1ccc([N+](=O)[O-])cc1C(F)(F)F. The number of halogens is 4. The lowest BCUT2D eigenvalue weighted by Gasteiger charge is -2.09. The summed E-state index contributed by atoms with van der Waals surface area (Å²) >= 11 is 0. The molecule has 0 spiro atoms. The summed E-state index contributed by atoms with van der Waals surface area (Å²) in [5.41, 5.74) is -3.36. The van der Waals surface area contributed by atoms with Gasteiger partial charge in [-0.25, -0.2) is 4.79 Å². The number of nitrogens with zero attached hydrogens (tertiary/aromatic N) is 1. The molecule has 0 amide bonds. The Labute approximate surface area is 98.4 Å². The highest BCUT2D eigenvalue weighted by atomic mass is 35.5. The fourth-order valence-corrected chi connectivity index (χ4v) is 1.07. The Morgan fingerprint density at radius 3 is 2.24 bits per heavy atom. The normalized spacial score (nSPS) is 10.5. The molecule has 1 aromatic carbocycles. The van der Waals surface area contributed by atoms with Crippen LogP contribution >= 0.6 is 12.4 Å². The van der Waals surface area contributed by atoms with Gasteiger partial charge in [0.2, 0.25) is 0 Å². The maximum absolute atomic E-state index is 12.4. The third-order valence-corrected chi connectivity index (χ3v) is 1.75. The molecule has 94 valence electrons. The van der Waals surface area contributed by atoms with E-state index in [2.05, 4.69) is 0 Å². The second-order valence-corrected chi connectivity index (χ2v) is 2.79. The number of benzene rings is 1. The highest BCUT2D eigenvalue weighted by Crippen LogP contribution is 2.34. The average Bonchev–Trinajstić information content (AvgIpc) is 2.15. The van der Waals surface area contributed by atoms with Crippen molar-refractivity contribution in [3.8, 4) is 0 Å². The minimum atomic E-state index is -4.94. The van der Waals surface area contributed by atoms with Crippen LogP contribution in [0.2, 0.25) is 0 Å². The first-order valence-corrected chi connectivity index (χ1v) is 3.82. The number of carboxylic acids is 1. The Kier molecular flexibility index (Phi) is 4.46. The Balaban J connectivity index is 0.00000256. The maximum atomic E-state index is 12.4. The van der Waals surface area contributed by atoms with Gasteiger partial charge >= 0.3 is 12.1 Å². The number of nitro groups is 1. The van der Waals surface area contributed by atoms with E-state index in [1.54, 1.807) is 0 Å². The molecule has 0 bridgehead atoms.